The normalized spacial score (nSPS) is 11.0. The average molecular weight is 276 g/mol. The lowest BCUT2D eigenvalue weighted by atomic mass is 10.1. The molecule has 0 aliphatic rings. The van der Waals surface area contributed by atoms with Gasteiger partial charge in [0.1, 0.15) is 0 Å². The van der Waals surface area contributed by atoms with Crippen molar-refractivity contribution in [1.82, 2.24) is 0 Å². The number of carbonyl (C=O) groups excluding carboxylic acids is 1. The SMILES string of the molecule is CCOC(=O)c1c(O)oc2c(=O)cc(C(C)C)ccc12. The predicted octanol–water partition coefficient (Wildman–Crippen LogP) is 2.80. The van der Waals surface area contributed by atoms with Crippen LogP contribution in [0.3, 0.4) is 0 Å². The van der Waals surface area contributed by atoms with Gasteiger partial charge in [-0.3, -0.25) is 4.79 Å². The molecule has 0 atom stereocenters. The highest BCUT2D eigenvalue weighted by Crippen LogP contribution is 2.30. The van der Waals surface area contributed by atoms with E-state index in [0.717, 1.165) is 5.56 Å². The maximum Gasteiger partial charge on any atom is 0.346 e. The third-order valence-electron chi connectivity index (χ3n) is 3.04. The average Bonchev–Trinajstić information content (AvgIpc) is 2.62. The van der Waals surface area contributed by atoms with Gasteiger partial charge in [-0.15, -0.1) is 0 Å². The number of aromatic hydroxyl groups is 1. The van der Waals surface area contributed by atoms with E-state index < -0.39 is 11.9 Å². The standard InChI is InChI=1S/C15H16O5/c1-4-19-14(17)12-10-6-5-9(8(2)3)7-11(16)13(10)20-15(12)18/h5-8,18H,4H2,1-3H3. The fourth-order valence-corrected chi connectivity index (χ4v) is 1.98. The first-order valence-corrected chi connectivity index (χ1v) is 6.42. The molecule has 2 aromatic rings. The summed E-state index contributed by atoms with van der Waals surface area (Å²) in [6.07, 6.45) is 0. The van der Waals surface area contributed by atoms with E-state index in [1.807, 2.05) is 13.8 Å². The van der Waals surface area contributed by atoms with E-state index in [4.69, 9.17) is 9.15 Å². The molecule has 0 unspecified atom stereocenters. The summed E-state index contributed by atoms with van der Waals surface area (Å²) in [7, 11) is 0. The molecule has 20 heavy (non-hydrogen) atoms. The second kappa shape index (κ2) is 5.36. The van der Waals surface area contributed by atoms with Crippen molar-refractivity contribution >= 4 is 16.9 Å². The van der Waals surface area contributed by atoms with Crippen LogP contribution >= 0.6 is 0 Å². The first kappa shape index (κ1) is 14.1. The van der Waals surface area contributed by atoms with Crippen LogP contribution in [-0.2, 0) is 4.74 Å². The summed E-state index contributed by atoms with van der Waals surface area (Å²) >= 11 is 0. The van der Waals surface area contributed by atoms with Crippen molar-refractivity contribution in [2.75, 3.05) is 6.61 Å². The first-order valence-electron chi connectivity index (χ1n) is 6.42. The summed E-state index contributed by atoms with van der Waals surface area (Å²) in [5.74, 6) is -1.13. The Morgan fingerprint density at radius 3 is 2.70 bits per heavy atom. The number of rotatable bonds is 3. The van der Waals surface area contributed by atoms with Crippen LogP contribution in [0.15, 0.2) is 27.4 Å². The Bertz CT molecular complexity index is 712. The molecule has 0 fully saturated rings. The molecule has 5 heteroatoms. The Balaban J connectivity index is 2.76. The van der Waals surface area contributed by atoms with E-state index in [1.165, 1.54) is 6.07 Å². The molecule has 106 valence electrons. The van der Waals surface area contributed by atoms with E-state index in [-0.39, 0.29) is 34.5 Å². The highest BCUT2D eigenvalue weighted by molar-refractivity contribution is 6.05. The van der Waals surface area contributed by atoms with Crippen LogP contribution in [0.5, 0.6) is 5.95 Å². The van der Waals surface area contributed by atoms with Gasteiger partial charge in [0.25, 0.3) is 5.95 Å². The Kier molecular flexibility index (Phi) is 3.79. The van der Waals surface area contributed by atoms with Crippen LogP contribution in [0.25, 0.3) is 11.0 Å². The first-order chi connectivity index (χ1) is 9.45. The lowest BCUT2D eigenvalue weighted by Crippen LogP contribution is -2.04. The van der Waals surface area contributed by atoms with Gasteiger partial charge in [0.2, 0.25) is 5.43 Å². The van der Waals surface area contributed by atoms with Crippen LogP contribution in [0, 0.1) is 0 Å². The van der Waals surface area contributed by atoms with Gasteiger partial charge in [0, 0.05) is 5.39 Å². The van der Waals surface area contributed by atoms with Crippen molar-refractivity contribution in [2.24, 2.45) is 0 Å². The quantitative estimate of drug-likeness (QED) is 0.872. The van der Waals surface area contributed by atoms with Crippen molar-refractivity contribution < 1.29 is 19.1 Å². The molecule has 0 aliphatic heterocycles. The van der Waals surface area contributed by atoms with Gasteiger partial charge in [-0.2, -0.15) is 0 Å². The van der Waals surface area contributed by atoms with Gasteiger partial charge in [-0.05, 0) is 30.5 Å². The monoisotopic (exact) mass is 276 g/mol. The lowest BCUT2D eigenvalue weighted by molar-refractivity contribution is 0.0522. The predicted molar refractivity (Wildman–Crippen MR) is 74.2 cm³/mol. The van der Waals surface area contributed by atoms with E-state index in [2.05, 4.69) is 0 Å². The highest BCUT2D eigenvalue weighted by atomic mass is 16.5. The fraction of sp³-hybridized carbons (Fsp3) is 0.333. The summed E-state index contributed by atoms with van der Waals surface area (Å²) in [4.78, 5) is 23.9. The molecule has 0 saturated carbocycles. The smallest absolute Gasteiger partial charge is 0.346 e. The largest absolute Gasteiger partial charge is 0.480 e. The second-order valence-corrected chi connectivity index (χ2v) is 4.74. The molecule has 1 aromatic carbocycles. The van der Waals surface area contributed by atoms with Crippen LogP contribution in [-0.4, -0.2) is 17.7 Å². The maximum absolute atomic E-state index is 12.1. The minimum absolute atomic E-state index is 0.0440. The fourth-order valence-electron chi connectivity index (χ4n) is 1.98. The van der Waals surface area contributed by atoms with Crippen molar-refractivity contribution in [2.45, 2.75) is 26.7 Å². The van der Waals surface area contributed by atoms with Gasteiger partial charge in [-0.25, -0.2) is 4.79 Å². The molecule has 5 nitrogen and oxygen atoms in total. The molecular formula is C15H16O5. The van der Waals surface area contributed by atoms with Gasteiger partial charge < -0.3 is 14.3 Å². The molecule has 0 radical (unpaired) electrons. The van der Waals surface area contributed by atoms with E-state index in [0.29, 0.717) is 0 Å². The number of ether oxygens (including phenoxy) is 1. The van der Waals surface area contributed by atoms with E-state index in [9.17, 15) is 14.7 Å². The Morgan fingerprint density at radius 2 is 2.10 bits per heavy atom. The third-order valence-corrected chi connectivity index (χ3v) is 3.04. The minimum Gasteiger partial charge on any atom is -0.480 e. The molecule has 0 amide bonds. The Labute approximate surface area is 115 Å². The molecule has 2 rings (SSSR count). The van der Waals surface area contributed by atoms with Crippen LogP contribution in [0.2, 0.25) is 0 Å². The molecular weight excluding hydrogens is 260 g/mol. The van der Waals surface area contributed by atoms with Crippen molar-refractivity contribution in [1.29, 1.82) is 0 Å². The lowest BCUT2D eigenvalue weighted by Gasteiger charge is -2.00. The van der Waals surface area contributed by atoms with Gasteiger partial charge in [-0.1, -0.05) is 19.9 Å². The topological polar surface area (TPSA) is 76.7 Å². The second-order valence-electron chi connectivity index (χ2n) is 4.74. The van der Waals surface area contributed by atoms with Crippen LogP contribution in [0.4, 0.5) is 0 Å². The van der Waals surface area contributed by atoms with Crippen LogP contribution < -0.4 is 5.43 Å². The minimum atomic E-state index is -0.708. The molecule has 0 saturated heterocycles. The van der Waals surface area contributed by atoms with E-state index in [1.54, 1.807) is 19.1 Å². The van der Waals surface area contributed by atoms with Crippen LogP contribution in [0.1, 0.15) is 42.6 Å². The third kappa shape index (κ3) is 2.39. The zero-order valence-corrected chi connectivity index (χ0v) is 11.6. The number of hydrogen-bond donors (Lipinski definition) is 1. The van der Waals surface area contributed by atoms with Crippen molar-refractivity contribution in [3.05, 3.63) is 39.5 Å². The summed E-state index contributed by atoms with van der Waals surface area (Å²) in [6.45, 7) is 5.75. The number of fused-ring (bicyclic) bond motifs is 1. The van der Waals surface area contributed by atoms with Gasteiger partial charge in [0.15, 0.2) is 11.1 Å². The molecule has 1 aromatic heterocycles. The van der Waals surface area contributed by atoms with Gasteiger partial charge in [0.05, 0.1) is 6.61 Å². The molecule has 1 heterocycles. The number of esters is 1. The molecule has 1 N–H and O–H groups in total. The summed E-state index contributed by atoms with van der Waals surface area (Å²) in [5.41, 5.74) is 0.303. The summed E-state index contributed by atoms with van der Waals surface area (Å²) in [5, 5.41) is 9.97. The Morgan fingerprint density at radius 1 is 1.40 bits per heavy atom. The Hall–Kier alpha value is -2.30. The number of hydrogen-bond acceptors (Lipinski definition) is 5. The van der Waals surface area contributed by atoms with E-state index >= 15 is 0 Å². The summed E-state index contributed by atoms with van der Waals surface area (Å²) in [6, 6.07) is 4.79. The van der Waals surface area contributed by atoms with Gasteiger partial charge >= 0.3 is 5.97 Å². The molecule has 0 bridgehead atoms. The highest BCUT2D eigenvalue weighted by Gasteiger charge is 2.22. The number of furan rings is 1. The van der Waals surface area contributed by atoms with Crippen molar-refractivity contribution in [3.63, 3.8) is 0 Å². The number of carbonyl (C=O) groups is 1. The zero-order chi connectivity index (χ0) is 14.9. The van der Waals surface area contributed by atoms with Crippen molar-refractivity contribution in [3.8, 4) is 5.95 Å². The molecule has 0 spiro atoms. The zero-order valence-electron chi connectivity index (χ0n) is 11.6. The molecule has 0 aliphatic carbocycles. The summed E-state index contributed by atoms with van der Waals surface area (Å²) < 4.78 is 9.90. The maximum atomic E-state index is 12.1.